The lowest BCUT2D eigenvalue weighted by Crippen LogP contribution is -2.33. The number of methoxy groups -OCH3 is 1. The smallest absolute Gasteiger partial charge is 0.322 e. The number of benzene rings is 1. The second-order valence-electron chi connectivity index (χ2n) is 4.29. The number of nitrogens with two attached hydrogens (primary N) is 1. The molecule has 1 aromatic heterocycles. The van der Waals surface area contributed by atoms with Gasteiger partial charge >= 0.3 is 5.97 Å². The Balaban J connectivity index is 2.36. The minimum atomic E-state index is -0.605. The Labute approximate surface area is 106 Å². The molecule has 18 heavy (non-hydrogen) atoms. The van der Waals surface area contributed by atoms with Crippen molar-refractivity contribution in [2.45, 2.75) is 25.9 Å². The first kappa shape index (κ1) is 12.6. The molecule has 0 amide bonds. The first-order valence-corrected chi connectivity index (χ1v) is 6.07. The highest BCUT2D eigenvalue weighted by Crippen LogP contribution is 2.22. The van der Waals surface area contributed by atoms with Gasteiger partial charge in [0, 0.05) is 30.1 Å². The minimum absolute atomic E-state index is 0.372. The number of carbonyl (C=O) groups excluding carboxylic acids is 1. The number of hydrogen-bond donors (Lipinski definition) is 1. The number of carbonyl (C=O) groups is 1. The molecular formula is C14H18N2O2. The van der Waals surface area contributed by atoms with Crippen molar-refractivity contribution in [3.05, 3.63) is 36.0 Å². The maximum atomic E-state index is 11.4. The molecule has 96 valence electrons. The summed E-state index contributed by atoms with van der Waals surface area (Å²) in [5.41, 5.74) is 8.08. The number of para-hydroxylation sites is 1. The van der Waals surface area contributed by atoms with Crippen LogP contribution in [-0.4, -0.2) is 23.7 Å². The van der Waals surface area contributed by atoms with Gasteiger partial charge in [0.05, 0.1) is 7.11 Å². The highest BCUT2D eigenvalue weighted by Gasteiger charge is 2.17. The SMILES string of the molecule is CCn1cc(C[C@H](N)C(=O)OC)c2ccccc21. The highest BCUT2D eigenvalue weighted by atomic mass is 16.5. The van der Waals surface area contributed by atoms with Crippen molar-refractivity contribution in [3.8, 4) is 0 Å². The van der Waals surface area contributed by atoms with Crippen molar-refractivity contribution >= 4 is 16.9 Å². The summed E-state index contributed by atoms with van der Waals surface area (Å²) in [6.45, 7) is 2.99. The topological polar surface area (TPSA) is 57.2 Å². The summed E-state index contributed by atoms with van der Waals surface area (Å²) in [6.07, 6.45) is 2.56. The Morgan fingerprint density at radius 3 is 2.83 bits per heavy atom. The zero-order valence-electron chi connectivity index (χ0n) is 10.7. The van der Waals surface area contributed by atoms with Crippen LogP contribution in [0.1, 0.15) is 12.5 Å². The Bertz CT molecular complexity index is 560. The van der Waals surface area contributed by atoms with Gasteiger partial charge < -0.3 is 15.0 Å². The van der Waals surface area contributed by atoms with E-state index in [1.807, 2.05) is 12.1 Å². The molecule has 0 aliphatic rings. The zero-order chi connectivity index (χ0) is 13.1. The van der Waals surface area contributed by atoms with Crippen LogP contribution in [0.2, 0.25) is 0 Å². The summed E-state index contributed by atoms with van der Waals surface area (Å²) >= 11 is 0. The highest BCUT2D eigenvalue weighted by molar-refractivity contribution is 5.85. The van der Waals surface area contributed by atoms with Crippen LogP contribution in [0.25, 0.3) is 10.9 Å². The van der Waals surface area contributed by atoms with E-state index in [9.17, 15) is 4.79 Å². The van der Waals surface area contributed by atoms with Gasteiger partial charge in [-0.3, -0.25) is 4.79 Å². The average molecular weight is 246 g/mol. The molecule has 1 aromatic carbocycles. The second kappa shape index (κ2) is 5.23. The van der Waals surface area contributed by atoms with E-state index in [4.69, 9.17) is 5.73 Å². The van der Waals surface area contributed by atoms with E-state index in [1.54, 1.807) is 0 Å². The summed E-state index contributed by atoms with van der Waals surface area (Å²) in [5.74, 6) is -0.372. The van der Waals surface area contributed by atoms with Crippen LogP contribution in [0, 0.1) is 0 Å². The van der Waals surface area contributed by atoms with Gasteiger partial charge in [-0.15, -0.1) is 0 Å². The zero-order valence-corrected chi connectivity index (χ0v) is 10.7. The number of aryl methyl sites for hydroxylation is 1. The molecule has 0 spiro atoms. The predicted molar refractivity (Wildman–Crippen MR) is 71.3 cm³/mol. The number of hydrogen-bond acceptors (Lipinski definition) is 3. The monoisotopic (exact) mass is 246 g/mol. The molecule has 0 unspecified atom stereocenters. The van der Waals surface area contributed by atoms with Gasteiger partial charge in [-0.05, 0) is 18.6 Å². The number of esters is 1. The molecule has 0 fully saturated rings. The lowest BCUT2D eigenvalue weighted by molar-refractivity contribution is -0.142. The first-order chi connectivity index (χ1) is 8.67. The van der Waals surface area contributed by atoms with Crippen molar-refractivity contribution in [2.75, 3.05) is 7.11 Å². The molecule has 0 bridgehead atoms. The normalized spacial score (nSPS) is 12.6. The fourth-order valence-corrected chi connectivity index (χ4v) is 2.22. The van der Waals surface area contributed by atoms with Gasteiger partial charge in [0.2, 0.25) is 0 Å². The Morgan fingerprint density at radius 1 is 1.44 bits per heavy atom. The van der Waals surface area contributed by atoms with Gasteiger partial charge in [0.25, 0.3) is 0 Å². The molecule has 4 nitrogen and oxygen atoms in total. The van der Waals surface area contributed by atoms with Crippen molar-refractivity contribution in [1.29, 1.82) is 0 Å². The predicted octanol–water partition coefficient (Wildman–Crippen LogP) is 1.70. The summed E-state index contributed by atoms with van der Waals surface area (Å²) in [5, 5.41) is 1.15. The number of aromatic nitrogens is 1. The van der Waals surface area contributed by atoms with Crippen molar-refractivity contribution in [3.63, 3.8) is 0 Å². The number of nitrogens with zero attached hydrogens (tertiary/aromatic N) is 1. The summed E-state index contributed by atoms with van der Waals surface area (Å²) < 4.78 is 6.82. The van der Waals surface area contributed by atoms with E-state index in [-0.39, 0.29) is 5.97 Å². The Kier molecular flexibility index (Phi) is 3.67. The van der Waals surface area contributed by atoms with Crippen LogP contribution in [0.3, 0.4) is 0 Å². The fourth-order valence-electron chi connectivity index (χ4n) is 2.22. The maximum Gasteiger partial charge on any atom is 0.322 e. The molecule has 0 aliphatic heterocycles. The van der Waals surface area contributed by atoms with Crippen LogP contribution < -0.4 is 5.73 Å². The Hall–Kier alpha value is -1.81. The van der Waals surface area contributed by atoms with Crippen molar-refractivity contribution < 1.29 is 9.53 Å². The van der Waals surface area contributed by atoms with Crippen molar-refractivity contribution in [1.82, 2.24) is 4.57 Å². The van der Waals surface area contributed by atoms with Crippen LogP contribution in [-0.2, 0) is 22.5 Å². The first-order valence-electron chi connectivity index (χ1n) is 6.07. The van der Waals surface area contributed by atoms with E-state index < -0.39 is 6.04 Å². The molecule has 0 radical (unpaired) electrons. The standard InChI is InChI=1S/C14H18N2O2/c1-3-16-9-10(8-12(15)14(17)18-2)11-6-4-5-7-13(11)16/h4-7,9,12H,3,8,15H2,1-2H3/t12-/m0/s1. The quantitative estimate of drug-likeness (QED) is 0.835. The largest absolute Gasteiger partial charge is 0.468 e. The van der Waals surface area contributed by atoms with E-state index in [1.165, 1.54) is 12.6 Å². The Morgan fingerprint density at radius 2 is 2.17 bits per heavy atom. The van der Waals surface area contributed by atoms with Crippen LogP contribution >= 0.6 is 0 Å². The number of rotatable bonds is 4. The summed E-state index contributed by atoms with van der Waals surface area (Å²) in [6, 6.07) is 7.53. The van der Waals surface area contributed by atoms with E-state index in [0.29, 0.717) is 6.42 Å². The average Bonchev–Trinajstić information content (AvgIpc) is 2.76. The molecule has 0 saturated heterocycles. The van der Waals surface area contributed by atoms with Gasteiger partial charge in [-0.2, -0.15) is 0 Å². The maximum absolute atomic E-state index is 11.4. The molecule has 2 rings (SSSR count). The van der Waals surface area contributed by atoms with Crippen LogP contribution in [0.4, 0.5) is 0 Å². The third kappa shape index (κ3) is 2.24. The van der Waals surface area contributed by atoms with Crippen molar-refractivity contribution in [2.24, 2.45) is 5.73 Å². The van der Waals surface area contributed by atoms with Gasteiger partial charge in [0.15, 0.2) is 0 Å². The van der Waals surface area contributed by atoms with Gasteiger partial charge in [0.1, 0.15) is 6.04 Å². The van der Waals surface area contributed by atoms with Crippen LogP contribution in [0.15, 0.2) is 30.5 Å². The molecule has 1 atom stereocenters. The van der Waals surface area contributed by atoms with E-state index in [2.05, 4.69) is 34.6 Å². The van der Waals surface area contributed by atoms with E-state index >= 15 is 0 Å². The summed E-state index contributed by atoms with van der Waals surface area (Å²) in [7, 11) is 1.36. The molecule has 1 heterocycles. The molecule has 4 heteroatoms. The minimum Gasteiger partial charge on any atom is -0.468 e. The second-order valence-corrected chi connectivity index (χ2v) is 4.29. The molecule has 0 aliphatic carbocycles. The molecule has 2 aromatic rings. The third-order valence-corrected chi connectivity index (χ3v) is 3.16. The van der Waals surface area contributed by atoms with E-state index in [0.717, 1.165) is 17.5 Å². The third-order valence-electron chi connectivity index (χ3n) is 3.16. The lowest BCUT2D eigenvalue weighted by atomic mass is 10.1. The summed E-state index contributed by atoms with van der Waals surface area (Å²) in [4.78, 5) is 11.4. The molecule has 2 N–H and O–H groups in total. The lowest BCUT2D eigenvalue weighted by Gasteiger charge is -2.07. The number of ether oxygens (including phenoxy) is 1. The fraction of sp³-hybridized carbons (Fsp3) is 0.357. The molecule has 0 saturated carbocycles. The number of fused-ring (bicyclic) bond motifs is 1. The van der Waals surface area contributed by atoms with Gasteiger partial charge in [-0.25, -0.2) is 0 Å². The van der Waals surface area contributed by atoms with Gasteiger partial charge in [-0.1, -0.05) is 18.2 Å². The van der Waals surface area contributed by atoms with Crippen LogP contribution in [0.5, 0.6) is 0 Å². The molecular weight excluding hydrogens is 228 g/mol.